The van der Waals surface area contributed by atoms with E-state index in [0.717, 1.165) is 11.8 Å². The number of aryl methyl sites for hydroxylation is 2. The summed E-state index contributed by atoms with van der Waals surface area (Å²) in [5, 5.41) is 2.30. The number of aliphatic imine (C=N–C) groups is 1. The fourth-order valence-corrected chi connectivity index (χ4v) is 5.37. The van der Waals surface area contributed by atoms with Crippen molar-refractivity contribution in [3.8, 4) is 0 Å². The summed E-state index contributed by atoms with van der Waals surface area (Å²) in [6, 6.07) is 6.89. The molecule has 0 bridgehead atoms. The minimum Gasteiger partial charge on any atom is -0.290 e. The first kappa shape index (κ1) is 20.6. The van der Waals surface area contributed by atoms with Crippen molar-refractivity contribution in [3.63, 3.8) is 0 Å². The normalized spacial score (nSPS) is 24.6. The minimum atomic E-state index is 0.317. The Morgan fingerprint density at radius 1 is 1.07 bits per heavy atom. The van der Waals surface area contributed by atoms with Gasteiger partial charge >= 0.3 is 0 Å². The van der Waals surface area contributed by atoms with E-state index >= 15 is 0 Å². The molecule has 29 heavy (non-hydrogen) atoms. The third-order valence-corrected chi connectivity index (χ3v) is 7.14. The summed E-state index contributed by atoms with van der Waals surface area (Å²) in [6.45, 7) is 12.2. The van der Waals surface area contributed by atoms with Crippen LogP contribution in [0.5, 0.6) is 0 Å². The average molecular weight is 395 g/mol. The average Bonchev–Trinajstić information content (AvgIpc) is 3.18. The van der Waals surface area contributed by atoms with Crippen LogP contribution in [0.3, 0.4) is 0 Å². The second kappa shape index (κ2) is 9.01. The predicted molar refractivity (Wildman–Crippen MR) is 123 cm³/mol. The summed E-state index contributed by atoms with van der Waals surface area (Å²) in [5.41, 5.74) is 9.06. The van der Waals surface area contributed by atoms with Crippen LogP contribution >= 0.6 is 0 Å². The van der Waals surface area contributed by atoms with Crippen LogP contribution in [-0.2, 0) is 0 Å². The largest absolute Gasteiger partial charge is 0.290 e. The number of hydrogen-bond donors (Lipinski definition) is 1. The van der Waals surface area contributed by atoms with Crippen LogP contribution in [0.15, 0.2) is 34.8 Å². The molecule has 4 nitrogen and oxygen atoms in total. The Hall–Kier alpha value is -1.65. The van der Waals surface area contributed by atoms with E-state index in [-0.39, 0.29) is 0 Å². The molecule has 2 unspecified atom stereocenters. The maximum atomic E-state index is 5.03. The summed E-state index contributed by atoms with van der Waals surface area (Å²) in [7, 11) is 0. The van der Waals surface area contributed by atoms with Crippen molar-refractivity contribution in [2.45, 2.75) is 72.3 Å². The van der Waals surface area contributed by atoms with E-state index in [2.05, 4.69) is 67.3 Å². The Bertz CT molecular complexity index is 753. The number of hydrogen-bond acceptors (Lipinski definition) is 4. The van der Waals surface area contributed by atoms with Gasteiger partial charge < -0.3 is 0 Å². The SMILES string of the molecule is Cc1cccc(C)c1N1NCN=C1C(C1=CCC(C(C)C)CC1)N1CCCCC1. The lowest BCUT2D eigenvalue weighted by Gasteiger charge is -2.40. The number of para-hydroxylation sites is 1. The zero-order valence-corrected chi connectivity index (χ0v) is 18.7. The Morgan fingerprint density at radius 2 is 1.79 bits per heavy atom. The molecule has 1 aromatic rings. The number of piperidine rings is 1. The molecule has 0 radical (unpaired) electrons. The molecule has 4 rings (SSSR count). The number of hydrazine groups is 1. The summed E-state index contributed by atoms with van der Waals surface area (Å²) < 4.78 is 0. The van der Waals surface area contributed by atoms with Gasteiger partial charge in [0, 0.05) is 0 Å². The second-order valence-corrected chi connectivity index (χ2v) is 9.47. The summed E-state index contributed by atoms with van der Waals surface area (Å²) in [6.07, 6.45) is 10.3. The maximum absolute atomic E-state index is 5.03. The molecule has 0 saturated carbocycles. The zero-order chi connectivity index (χ0) is 20.4. The van der Waals surface area contributed by atoms with Crippen molar-refractivity contribution >= 4 is 11.5 Å². The summed E-state index contributed by atoms with van der Waals surface area (Å²) in [4.78, 5) is 7.74. The number of likely N-dealkylation sites (tertiary alicyclic amines) is 1. The number of anilines is 1. The van der Waals surface area contributed by atoms with Crippen LogP contribution in [0.2, 0.25) is 0 Å². The van der Waals surface area contributed by atoms with Crippen LogP contribution in [-0.4, -0.2) is 36.5 Å². The van der Waals surface area contributed by atoms with Gasteiger partial charge in [-0.15, -0.1) is 0 Å². The van der Waals surface area contributed by atoms with Crippen molar-refractivity contribution in [1.29, 1.82) is 0 Å². The van der Waals surface area contributed by atoms with Gasteiger partial charge in [0.1, 0.15) is 12.5 Å². The van der Waals surface area contributed by atoms with E-state index in [9.17, 15) is 0 Å². The number of benzene rings is 1. The van der Waals surface area contributed by atoms with E-state index < -0.39 is 0 Å². The fourth-order valence-electron chi connectivity index (χ4n) is 5.37. The van der Waals surface area contributed by atoms with Crippen molar-refractivity contribution in [1.82, 2.24) is 10.3 Å². The molecule has 0 amide bonds. The molecule has 158 valence electrons. The Balaban J connectivity index is 1.67. The molecule has 1 fully saturated rings. The fraction of sp³-hybridized carbons (Fsp3) is 0.640. The number of amidine groups is 1. The zero-order valence-electron chi connectivity index (χ0n) is 18.7. The van der Waals surface area contributed by atoms with Crippen molar-refractivity contribution < 1.29 is 0 Å². The molecule has 0 aromatic heterocycles. The van der Waals surface area contributed by atoms with Gasteiger partial charge in [0.05, 0.1) is 11.7 Å². The first-order valence-corrected chi connectivity index (χ1v) is 11.6. The smallest absolute Gasteiger partial charge is 0.141 e. The highest BCUT2D eigenvalue weighted by Gasteiger charge is 2.36. The third-order valence-electron chi connectivity index (χ3n) is 7.14. The van der Waals surface area contributed by atoms with Gasteiger partial charge in [-0.2, -0.15) is 0 Å². The molecule has 2 atom stereocenters. The Labute approximate surface area is 177 Å². The minimum absolute atomic E-state index is 0.317. The van der Waals surface area contributed by atoms with Gasteiger partial charge in [0.2, 0.25) is 0 Å². The van der Waals surface area contributed by atoms with Gasteiger partial charge in [0.25, 0.3) is 0 Å². The molecule has 1 aromatic carbocycles. The van der Waals surface area contributed by atoms with Crippen LogP contribution in [0, 0.1) is 25.7 Å². The highest BCUT2D eigenvalue weighted by Crippen LogP contribution is 2.35. The van der Waals surface area contributed by atoms with Crippen LogP contribution in [0.4, 0.5) is 5.69 Å². The number of allylic oxidation sites excluding steroid dienone is 1. The Morgan fingerprint density at radius 3 is 2.41 bits per heavy atom. The molecule has 1 N–H and O–H groups in total. The van der Waals surface area contributed by atoms with E-state index in [1.807, 2.05) is 0 Å². The lowest BCUT2D eigenvalue weighted by atomic mass is 9.80. The van der Waals surface area contributed by atoms with Crippen LogP contribution in [0.1, 0.15) is 63.5 Å². The molecule has 1 saturated heterocycles. The second-order valence-electron chi connectivity index (χ2n) is 9.47. The first-order valence-electron chi connectivity index (χ1n) is 11.6. The summed E-state index contributed by atoms with van der Waals surface area (Å²) in [5.74, 6) is 2.82. The molecular formula is C25H38N4. The van der Waals surface area contributed by atoms with E-state index in [4.69, 9.17) is 4.99 Å². The maximum Gasteiger partial charge on any atom is 0.141 e. The topological polar surface area (TPSA) is 30.9 Å². The predicted octanol–water partition coefficient (Wildman–Crippen LogP) is 5.22. The summed E-state index contributed by atoms with van der Waals surface area (Å²) >= 11 is 0. The van der Waals surface area contributed by atoms with E-state index in [1.54, 1.807) is 5.57 Å². The van der Waals surface area contributed by atoms with Crippen molar-refractivity contribution in [2.24, 2.45) is 16.8 Å². The van der Waals surface area contributed by atoms with Gasteiger partial charge in [-0.25, -0.2) is 5.43 Å². The van der Waals surface area contributed by atoms with Gasteiger partial charge in [-0.3, -0.25) is 14.9 Å². The van der Waals surface area contributed by atoms with Crippen LogP contribution < -0.4 is 10.4 Å². The molecule has 2 heterocycles. The lowest BCUT2D eigenvalue weighted by molar-refractivity contribution is 0.211. The lowest BCUT2D eigenvalue weighted by Crippen LogP contribution is -2.53. The molecule has 3 aliphatic rings. The Kier molecular flexibility index (Phi) is 6.41. The first-order chi connectivity index (χ1) is 14.1. The third kappa shape index (κ3) is 4.29. The molecule has 1 aliphatic carbocycles. The number of rotatable bonds is 5. The monoisotopic (exact) mass is 394 g/mol. The van der Waals surface area contributed by atoms with Crippen LogP contribution in [0.25, 0.3) is 0 Å². The van der Waals surface area contributed by atoms with E-state index in [1.165, 1.54) is 74.3 Å². The van der Waals surface area contributed by atoms with E-state index in [0.29, 0.717) is 12.7 Å². The molecular weight excluding hydrogens is 356 g/mol. The van der Waals surface area contributed by atoms with Gasteiger partial charge in [0.15, 0.2) is 0 Å². The molecule has 4 heteroatoms. The van der Waals surface area contributed by atoms with Gasteiger partial charge in [-0.05, 0) is 87.6 Å². The molecule has 0 spiro atoms. The standard InChI is InChI=1S/C25H38N4/c1-18(2)21-11-13-22(14-12-21)24(28-15-6-5-7-16-28)25-26-17-27-29(25)23-19(3)9-8-10-20(23)4/h8-10,13,18,21,24,27H,5-7,11-12,14-17H2,1-4H3. The number of nitrogens with one attached hydrogen (secondary N) is 1. The quantitative estimate of drug-likeness (QED) is 0.695. The number of nitrogens with zero attached hydrogens (tertiary/aromatic N) is 3. The highest BCUT2D eigenvalue weighted by molar-refractivity contribution is 6.04. The van der Waals surface area contributed by atoms with Gasteiger partial charge in [-0.1, -0.05) is 44.5 Å². The van der Waals surface area contributed by atoms with Crippen molar-refractivity contribution in [2.75, 3.05) is 24.8 Å². The molecule has 2 aliphatic heterocycles. The van der Waals surface area contributed by atoms with Crippen molar-refractivity contribution in [3.05, 3.63) is 41.0 Å². The highest BCUT2D eigenvalue weighted by atomic mass is 15.6.